The molecule has 0 amide bonds. The summed E-state index contributed by atoms with van der Waals surface area (Å²) in [4.78, 5) is 9.18. The fourth-order valence-electron chi connectivity index (χ4n) is 2.95. The molecule has 21 heavy (non-hydrogen) atoms. The zero-order chi connectivity index (χ0) is 14.2. The highest BCUT2D eigenvalue weighted by molar-refractivity contribution is 5.74. The van der Waals surface area contributed by atoms with Crippen LogP contribution in [-0.2, 0) is 0 Å². The number of fused-ring (bicyclic) bond motifs is 1. The van der Waals surface area contributed by atoms with Crippen LogP contribution in [-0.4, -0.2) is 27.6 Å². The van der Waals surface area contributed by atoms with Gasteiger partial charge in [-0.1, -0.05) is 6.07 Å². The Morgan fingerprint density at radius 1 is 1.24 bits per heavy atom. The topological polar surface area (TPSA) is 42.7 Å². The average molecular weight is 282 g/mol. The van der Waals surface area contributed by atoms with Crippen LogP contribution in [0.1, 0.15) is 18.2 Å². The van der Waals surface area contributed by atoms with E-state index in [0.717, 1.165) is 42.2 Å². The van der Waals surface area contributed by atoms with Crippen molar-refractivity contribution in [3.05, 3.63) is 54.2 Å². The molecule has 106 valence electrons. The number of hydrogen-bond donors (Lipinski definition) is 1. The lowest BCUT2D eigenvalue weighted by molar-refractivity contribution is 0.625. The Hall–Kier alpha value is -2.27. The maximum absolute atomic E-state index is 13.6. The molecule has 3 aromatic rings. The van der Waals surface area contributed by atoms with Crippen molar-refractivity contribution in [3.63, 3.8) is 0 Å². The zero-order valence-electron chi connectivity index (χ0n) is 11.5. The van der Waals surface area contributed by atoms with E-state index >= 15 is 0 Å². The third kappa shape index (κ3) is 2.10. The van der Waals surface area contributed by atoms with Crippen molar-refractivity contribution in [1.82, 2.24) is 19.9 Å². The predicted molar refractivity (Wildman–Crippen MR) is 79.1 cm³/mol. The van der Waals surface area contributed by atoms with E-state index < -0.39 is 0 Å². The number of nitrogens with zero attached hydrogens (tertiary/aromatic N) is 3. The second kappa shape index (κ2) is 4.93. The molecule has 4 nitrogen and oxygen atoms in total. The van der Waals surface area contributed by atoms with Crippen molar-refractivity contribution in [2.24, 2.45) is 0 Å². The highest BCUT2D eigenvalue weighted by Gasteiger charge is 2.24. The first-order valence-corrected chi connectivity index (χ1v) is 7.13. The van der Waals surface area contributed by atoms with Gasteiger partial charge in [0.25, 0.3) is 0 Å². The number of aromatic nitrogens is 3. The van der Waals surface area contributed by atoms with Gasteiger partial charge >= 0.3 is 0 Å². The number of imidazole rings is 1. The van der Waals surface area contributed by atoms with Crippen molar-refractivity contribution in [2.45, 2.75) is 12.3 Å². The first-order valence-electron chi connectivity index (χ1n) is 7.13. The molecule has 1 aliphatic rings. The molecule has 0 saturated carbocycles. The van der Waals surface area contributed by atoms with Gasteiger partial charge in [0.1, 0.15) is 17.2 Å². The molecular formula is C16H15FN4. The summed E-state index contributed by atoms with van der Waals surface area (Å²) in [5.41, 5.74) is 2.41. The van der Waals surface area contributed by atoms with Crippen molar-refractivity contribution in [1.29, 1.82) is 0 Å². The second-order valence-electron chi connectivity index (χ2n) is 5.32. The van der Waals surface area contributed by atoms with Crippen LogP contribution in [0.2, 0.25) is 0 Å². The molecule has 1 fully saturated rings. The smallest absolute Gasteiger partial charge is 0.164 e. The molecule has 0 spiro atoms. The summed E-state index contributed by atoms with van der Waals surface area (Å²) < 4.78 is 15.6. The normalized spacial score (nSPS) is 18.4. The van der Waals surface area contributed by atoms with Crippen molar-refractivity contribution >= 4 is 11.2 Å². The van der Waals surface area contributed by atoms with Crippen molar-refractivity contribution in [2.75, 3.05) is 13.1 Å². The number of halogens is 1. The molecule has 5 heteroatoms. The summed E-state index contributed by atoms with van der Waals surface area (Å²) in [6.45, 7) is 1.89. The lowest BCUT2D eigenvalue weighted by Crippen LogP contribution is -2.12. The maximum atomic E-state index is 13.6. The largest absolute Gasteiger partial charge is 0.316 e. The third-order valence-electron chi connectivity index (χ3n) is 3.93. The summed E-state index contributed by atoms with van der Waals surface area (Å²) in [5.74, 6) is 1.04. The summed E-state index contributed by atoms with van der Waals surface area (Å²) in [6, 6.07) is 10.4. The monoisotopic (exact) mass is 282 g/mol. The minimum Gasteiger partial charge on any atom is -0.316 e. The fraction of sp³-hybridized carbons (Fsp3) is 0.250. The van der Waals surface area contributed by atoms with Gasteiger partial charge in [0.15, 0.2) is 5.65 Å². The molecule has 0 aliphatic carbocycles. The van der Waals surface area contributed by atoms with Crippen molar-refractivity contribution in [3.8, 4) is 5.69 Å². The number of pyridine rings is 1. The minimum atomic E-state index is -0.249. The SMILES string of the molecule is Fc1cccc(-n2c(C3CCNC3)nc3cccnc32)c1. The highest BCUT2D eigenvalue weighted by Crippen LogP contribution is 2.28. The van der Waals surface area contributed by atoms with Crippen LogP contribution in [0.4, 0.5) is 4.39 Å². The van der Waals surface area contributed by atoms with Crippen LogP contribution in [0, 0.1) is 5.82 Å². The Balaban J connectivity index is 1.98. The maximum Gasteiger partial charge on any atom is 0.164 e. The van der Waals surface area contributed by atoms with E-state index in [0.29, 0.717) is 5.92 Å². The molecule has 1 aliphatic heterocycles. The van der Waals surface area contributed by atoms with E-state index in [1.807, 2.05) is 22.8 Å². The van der Waals surface area contributed by atoms with E-state index in [2.05, 4.69) is 10.3 Å². The first-order chi connectivity index (χ1) is 10.3. The van der Waals surface area contributed by atoms with E-state index in [-0.39, 0.29) is 5.82 Å². The second-order valence-corrected chi connectivity index (χ2v) is 5.32. The molecule has 2 aromatic heterocycles. The molecule has 1 atom stereocenters. The minimum absolute atomic E-state index is 0.249. The van der Waals surface area contributed by atoms with Gasteiger partial charge in [0.05, 0.1) is 5.69 Å². The van der Waals surface area contributed by atoms with Crippen LogP contribution < -0.4 is 5.32 Å². The van der Waals surface area contributed by atoms with E-state index in [9.17, 15) is 4.39 Å². The van der Waals surface area contributed by atoms with Gasteiger partial charge in [-0.2, -0.15) is 0 Å². The quantitative estimate of drug-likeness (QED) is 0.785. The fourth-order valence-corrected chi connectivity index (χ4v) is 2.95. The van der Waals surface area contributed by atoms with E-state index in [1.165, 1.54) is 12.1 Å². The summed E-state index contributed by atoms with van der Waals surface area (Å²) in [6.07, 6.45) is 2.79. The highest BCUT2D eigenvalue weighted by atomic mass is 19.1. The Morgan fingerprint density at radius 2 is 2.19 bits per heavy atom. The standard InChI is InChI=1S/C16H15FN4/c17-12-3-1-4-13(9-12)21-15(11-6-8-18-10-11)20-14-5-2-7-19-16(14)21/h1-5,7,9,11,18H,6,8,10H2. The Labute approximate surface area is 121 Å². The molecule has 0 bridgehead atoms. The van der Waals surface area contributed by atoms with Crippen molar-refractivity contribution < 1.29 is 4.39 Å². The van der Waals surface area contributed by atoms with E-state index in [4.69, 9.17) is 4.98 Å². The molecule has 1 unspecified atom stereocenters. The van der Waals surface area contributed by atoms with Gasteiger partial charge < -0.3 is 5.32 Å². The first kappa shape index (κ1) is 12.5. The predicted octanol–water partition coefficient (Wildman–Crippen LogP) is 2.64. The average Bonchev–Trinajstić information content (AvgIpc) is 3.14. The number of nitrogens with one attached hydrogen (secondary N) is 1. The van der Waals surface area contributed by atoms with Gasteiger partial charge in [0, 0.05) is 18.7 Å². The molecule has 4 rings (SSSR count). The Bertz CT molecular complexity index is 790. The summed E-state index contributed by atoms with van der Waals surface area (Å²) >= 11 is 0. The van der Waals surface area contributed by atoms with Gasteiger partial charge in [-0.05, 0) is 43.3 Å². The Morgan fingerprint density at radius 3 is 3.00 bits per heavy atom. The Kier molecular flexibility index (Phi) is 2.93. The lowest BCUT2D eigenvalue weighted by atomic mass is 10.1. The van der Waals surface area contributed by atoms with Crippen LogP contribution in [0.5, 0.6) is 0 Å². The molecule has 0 radical (unpaired) electrons. The summed E-state index contributed by atoms with van der Waals surface area (Å²) in [5, 5.41) is 3.36. The van der Waals surface area contributed by atoms with Crippen LogP contribution in [0.25, 0.3) is 16.9 Å². The van der Waals surface area contributed by atoms with Crippen LogP contribution >= 0.6 is 0 Å². The zero-order valence-corrected chi connectivity index (χ0v) is 11.5. The van der Waals surface area contributed by atoms with Crippen LogP contribution in [0.3, 0.4) is 0 Å². The van der Waals surface area contributed by atoms with E-state index in [1.54, 1.807) is 12.3 Å². The lowest BCUT2D eigenvalue weighted by Gasteiger charge is -2.12. The van der Waals surface area contributed by atoms with Crippen LogP contribution in [0.15, 0.2) is 42.6 Å². The molecule has 1 aromatic carbocycles. The molecular weight excluding hydrogens is 267 g/mol. The molecule has 1 saturated heterocycles. The van der Waals surface area contributed by atoms with Gasteiger partial charge in [-0.25, -0.2) is 14.4 Å². The number of hydrogen-bond acceptors (Lipinski definition) is 3. The molecule has 3 heterocycles. The van der Waals surface area contributed by atoms with Gasteiger partial charge in [-0.15, -0.1) is 0 Å². The molecule has 1 N–H and O–H groups in total. The van der Waals surface area contributed by atoms with Gasteiger partial charge in [-0.3, -0.25) is 4.57 Å². The van der Waals surface area contributed by atoms with Gasteiger partial charge in [0.2, 0.25) is 0 Å². The number of benzene rings is 1. The number of rotatable bonds is 2. The summed E-state index contributed by atoms with van der Waals surface area (Å²) in [7, 11) is 0. The third-order valence-corrected chi connectivity index (χ3v) is 3.93.